The number of hydrogen-bond acceptors (Lipinski definition) is 4. The molecular weight excluding hydrogens is 380 g/mol. The fraction of sp³-hybridized carbons (Fsp3) is 0.261. The lowest BCUT2D eigenvalue weighted by Crippen LogP contribution is -2.34. The summed E-state index contributed by atoms with van der Waals surface area (Å²) in [5.74, 6) is 0.977. The summed E-state index contributed by atoms with van der Waals surface area (Å²) in [4.78, 5) is 25.6. The Hall–Kier alpha value is -2.86. The molecule has 148 valence electrons. The number of thioether (sulfide) groups is 1. The molecule has 0 unspecified atom stereocenters. The largest absolute Gasteiger partial charge is 0.357 e. The van der Waals surface area contributed by atoms with Crippen LogP contribution >= 0.6 is 11.8 Å². The van der Waals surface area contributed by atoms with Crippen molar-refractivity contribution in [1.29, 1.82) is 0 Å². The summed E-state index contributed by atoms with van der Waals surface area (Å²) in [5, 5.41) is 3.88. The van der Waals surface area contributed by atoms with Crippen molar-refractivity contribution in [3.8, 4) is 11.3 Å². The first-order valence-corrected chi connectivity index (χ1v) is 10.6. The Bertz CT molecular complexity index is 1130. The third kappa shape index (κ3) is 3.72. The van der Waals surface area contributed by atoms with Gasteiger partial charge in [0.05, 0.1) is 22.3 Å². The summed E-state index contributed by atoms with van der Waals surface area (Å²) in [5.41, 5.74) is 7.20. The zero-order valence-corrected chi connectivity index (χ0v) is 17.5. The minimum Gasteiger partial charge on any atom is -0.357 e. The van der Waals surface area contributed by atoms with E-state index < -0.39 is 0 Å². The second kappa shape index (κ2) is 7.87. The van der Waals surface area contributed by atoms with E-state index in [4.69, 9.17) is 9.97 Å². The molecule has 5 nitrogen and oxygen atoms in total. The Morgan fingerprint density at radius 1 is 1.34 bits per heavy atom. The first kappa shape index (κ1) is 19.5. The fourth-order valence-corrected chi connectivity index (χ4v) is 4.43. The van der Waals surface area contributed by atoms with Crippen molar-refractivity contribution in [2.24, 2.45) is 0 Å². The summed E-state index contributed by atoms with van der Waals surface area (Å²) < 4.78 is 0. The van der Waals surface area contributed by atoms with E-state index in [2.05, 4.69) is 23.5 Å². The number of nitrogens with one attached hydrogen (secondary N) is 2. The van der Waals surface area contributed by atoms with Gasteiger partial charge in [0.25, 0.3) is 5.91 Å². The predicted octanol–water partition coefficient (Wildman–Crippen LogP) is 5.00. The molecule has 1 aliphatic heterocycles. The molecule has 1 atom stereocenters. The molecule has 6 heteroatoms. The van der Waals surface area contributed by atoms with Crippen molar-refractivity contribution in [3.05, 3.63) is 66.0 Å². The monoisotopic (exact) mass is 404 g/mol. The van der Waals surface area contributed by atoms with Crippen LogP contribution in [-0.4, -0.2) is 33.2 Å². The van der Waals surface area contributed by atoms with E-state index in [1.165, 1.54) is 0 Å². The molecule has 0 saturated heterocycles. The van der Waals surface area contributed by atoms with Gasteiger partial charge in [-0.15, -0.1) is 18.3 Å². The number of H-pyrrole nitrogens is 1. The predicted molar refractivity (Wildman–Crippen MR) is 119 cm³/mol. The molecule has 0 radical (unpaired) electrons. The molecule has 0 saturated carbocycles. The number of hydrogen-bond donors (Lipinski definition) is 2. The van der Waals surface area contributed by atoms with E-state index >= 15 is 0 Å². The number of amides is 1. The zero-order chi connectivity index (χ0) is 20.5. The van der Waals surface area contributed by atoms with Crippen LogP contribution in [-0.2, 0) is 0 Å². The van der Waals surface area contributed by atoms with Gasteiger partial charge in [0.15, 0.2) is 0 Å². The number of aryl methyl sites for hydroxylation is 1. The summed E-state index contributed by atoms with van der Waals surface area (Å²) in [7, 11) is 0. The number of benzene rings is 1. The van der Waals surface area contributed by atoms with E-state index in [-0.39, 0.29) is 11.8 Å². The van der Waals surface area contributed by atoms with Crippen molar-refractivity contribution in [3.63, 3.8) is 0 Å². The van der Waals surface area contributed by atoms with Crippen LogP contribution in [0.3, 0.4) is 0 Å². The molecule has 0 aliphatic carbocycles. The standard InChI is InChI=1S/C23H24N4OS/c1-5-7-15-11-24-22(28)17-10-19(26-20(15)17)16-8-6-9-18-21(16)27-23(14(4)25-18)29-12-13(2)3/h5-6,8-10,15,26H,1-2,7,11-12H2,3-4H3,(H,24,28)/t15-/m1/s1. The highest BCUT2D eigenvalue weighted by molar-refractivity contribution is 7.99. The van der Waals surface area contributed by atoms with Gasteiger partial charge in [0.2, 0.25) is 0 Å². The van der Waals surface area contributed by atoms with Crippen molar-refractivity contribution in [2.45, 2.75) is 31.2 Å². The Morgan fingerprint density at radius 2 is 2.17 bits per heavy atom. The van der Waals surface area contributed by atoms with E-state index in [1.54, 1.807) is 11.8 Å². The minimum atomic E-state index is -0.0392. The van der Waals surface area contributed by atoms with E-state index in [0.29, 0.717) is 12.1 Å². The summed E-state index contributed by atoms with van der Waals surface area (Å²) >= 11 is 1.65. The van der Waals surface area contributed by atoms with Crippen LogP contribution in [0.2, 0.25) is 0 Å². The molecule has 29 heavy (non-hydrogen) atoms. The SMILES string of the molecule is C=CC[C@@H]1CNC(=O)c2cc(-c3cccc4nc(C)c(SCC(=C)C)nc34)[nH]c21. The van der Waals surface area contributed by atoms with Crippen LogP contribution in [0.4, 0.5) is 0 Å². The van der Waals surface area contributed by atoms with Gasteiger partial charge in [-0.2, -0.15) is 0 Å². The second-order valence-electron chi connectivity index (χ2n) is 7.47. The van der Waals surface area contributed by atoms with Gasteiger partial charge in [-0.1, -0.05) is 30.4 Å². The van der Waals surface area contributed by atoms with Gasteiger partial charge in [-0.25, -0.2) is 9.97 Å². The number of carbonyl (C=O) groups excluding carboxylic acids is 1. The van der Waals surface area contributed by atoms with Crippen LogP contribution in [0.25, 0.3) is 22.3 Å². The summed E-state index contributed by atoms with van der Waals surface area (Å²) in [6, 6.07) is 7.91. The zero-order valence-electron chi connectivity index (χ0n) is 16.7. The quantitative estimate of drug-likeness (QED) is 0.448. The van der Waals surface area contributed by atoms with Gasteiger partial charge in [-0.05, 0) is 32.4 Å². The highest BCUT2D eigenvalue weighted by Crippen LogP contribution is 2.34. The number of rotatable bonds is 6. The lowest BCUT2D eigenvalue weighted by Gasteiger charge is -2.21. The van der Waals surface area contributed by atoms with Gasteiger partial charge >= 0.3 is 0 Å². The van der Waals surface area contributed by atoms with Crippen molar-refractivity contribution >= 4 is 28.7 Å². The highest BCUT2D eigenvalue weighted by atomic mass is 32.2. The molecule has 3 aromatic rings. The number of carbonyl (C=O) groups is 1. The molecule has 0 spiro atoms. The molecule has 1 amide bonds. The number of aromatic amines is 1. The van der Waals surface area contributed by atoms with Gasteiger partial charge in [-0.3, -0.25) is 4.79 Å². The Kier molecular flexibility index (Phi) is 5.28. The lowest BCUT2D eigenvalue weighted by atomic mass is 9.94. The molecule has 1 aromatic carbocycles. The smallest absolute Gasteiger partial charge is 0.253 e. The van der Waals surface area contributed by atoms with E-state index in [0.717, 1.165) is 56.5 Å². The van der Waals surface area contributed by atoms with Crippen molar-refractivity contribution in [2.75, 3.05) is 12.3 Å². The van der Waals surface area contributed by atoms with Crippen molar-refractivity contribution < 1.29 is 4.79 Å². The Labute approximate surface area is 174 Å². The van der Waals surface area contributed by atoms with Crippen LogP contribution in [0.5, 0.6) is 0 Å². The topological polar surface area (TPSA) is 70.7 Å². The maximum absolute atomic E-state index is 12.4. The maximum Gasteiger partial charge on any atom is 0.253 e. The number of aromatic nitrogens is 3. The highest BCUT2D eigenvalue weighted by Gasteiger charge is 2.27. The second-order valence-corrected chi connectivity index (χ2v) is 8.44. The van der Waals surface area contributed by atoms with Crippen molar-refractivity contribution in [1.82, 2.24) is 20.3 Å². The summed E-state index contributed by atoms with van der Waals surface area (Å²) in [6.45, 7) is 12.4. The van der Waals surface area contributed by atoms with Gasteiger partial charge < -0.3 is 10.3 Å². The fourth-order valence-electron chi connectivity index (χ4n) is 3.64. The molecular formula is C23H24N4OS. The van der Waals surface area contributed by atoms with E-state index in [1.807, 2.05) is 44.2 Å². The average molecular weight is 405 g/mol. The van der Waals surface area contributed by atoms with E-state index in [9.17, 15) is 4.79 Å². The maximum atomic E-state index is 12.4. The molecule has 3 heterocycles. The molecule has 2 N–H and O–H groups in total. The third-order valence-corrected chi connectivity index (χ3v) is 6.33. The van der Waals surface area contributed by atoms with Gasteiger partial charge in [0.1, 0.15) is 5.03 Å². The van der Waals surface area contributed by atoms with Crippen LogP contribution in [0.15, 0.2) is 54.1 Å². The Morgan fingerprint density at radius 3 is 2.93 bits per heavy atom. The third-order valence-electron chi connectivity index (χ3n) is 5.03. The number of para-hydroxylation sites is 1. The molecule has 0 fully saturated rings. The number of nitrogens with zero attached hydrogens (tertiary/aromatic N) is 2. The molecule has 1 aliphatic rings. The average Bonchev–Trinajstić information content (AvgIpc) is 3.14. The van der Waals surface area contributed by atoms with Crippen LogP contribution < -0.4 is 5.32 Å². The normalized spacial score (nSPS) is 15.8. The van der Waals surface area contributed by atoms with Gasteiger partial charge in [0, 0.05) is 35.2 Å². The first-order chi connectivity index (χ1) is 14.0. The number of allylic oxidation sites excluding steroid dienone is 1. The first-order valence-electron chi connectivity index (χ1n) is 9.65. The molecule has 0 bridgehead atoms. The molecule has 4 rings (SSSR count). The lowest BCUT2D eigenvalue weighted by molar-refractivity contribution is 0.0940. The Balaban J connectivity index is 1.83. The van der Waals surface area contributed by atoms with Crippen LogP contribution in [0, 0.1) is 6.92 Å². The summed E-state index contributed by atoms with van der Waals surface area (Å²) in [6.07, 6.45) is 2.70. The van der Waals surface area contributed by atoms with Crippen LogP contribution in [0.1, 0.15) is 41.0 Å². The number of fused-ring (bicyclic) bond motifs is 2. The molecule has 2 aromatic heterocycles. The minimum absolute atomic E-state index is 0.0392.